The average molecular weight is 280 g/mol. The molecule has 0 saturated heterocycles. The summed E-state index contributed by atoms with van der Waals surface area (Å²) in [7, 11) is 0. The minimum Gasteiger partial charge on any atom is -0.481 e. The lowest BCUT2D eigenvalue weighted by Gasteiger charge is -2.11. The van der Waals surface area contributed by atoms with Gasteiger partial charge in [0.25, 0.3) is 5.97 Å². The summed E-state index contributed by atoms with van der Waals surface area (Å²) < 4.78 is 5.05. The number of ether oxygens (including phenoxy) is 1. The molecule has 0 spiro atoms. The molecule has 4 heteroatoms. The third-order valence-electron chi connectivity index (χ3n) is 2.38. The van der Waals surface area contributed by atoms with Gasteiger partial charge in [-0.05, 0) is 37.8 Å². The number of aryl methyl sites for hydroxylation is 1. The van der Waals surface area contributed by atoms with Gasteiger partial charge in [-0.15, -0.1) is 0 Å². The Morgan fingerprint density at radius 2 is 1.85 bits per heavy atom. The fourth-order valence-corrected chi connectivity index (χ4v) is 1.74. The Morgan fingerprint density at radius 1 is 1.30 bits per heavy atom. The second-order valence-electron chi connectivity index (χ2n) is 5.00. The molecule has 20 heavy (non-hydrogen) atoms. The van der Waals surface area contributed by atoms with Crippen LogP contribution in [0.5, 0.6) is 0 Å². The number of benzene rings is 1. The molecule has 1 aromatic rings. The van der Waals surface area contributed by atoms with Gasteiger partial charge in [-0.1, -0.05) is 31.5 Å². The number of rotatable bonds is 4. The fraction of sp³-hybridized carbons (Fsp3) is 0.500. The first-order chi connectivity index (χ1) is 9.27. The highest BCUT2D eigenvalue weighted by Gasteiger charge is 2.13. The van der Waals surface area contributed by atoms with Crippen molar-refractivity contribution in [3.8, 4) is 0 Å². The normalized spacial score (nSPS) is 9.70. The Labute approximate surface area is 120 Å². The molecule has 0 atom stereocenters. The highest BCUT2D eigenvalue weighted by molar-refractivity contribution is 5.91. The summed E-state index contributed by atoms with van der Waals surface area (Å²) in [6, 6.07) is 5.90. The lowest BCUT2D eigenvalue weighted by molar-refractivity contribution is -0.134. The smallest absolute Gasteiger partial charge is 0.338 e. The van der Waals surface area contributed by atoms with Crippen LogP contribution in [-0.4, -0.2) is 23.7 Å². The molecule has 1 rings (SSSR count). The maximum Gasteiger partial charge on any atom is 0.338 e. The first-order valence-electron chi connectivity index (χ1n) is 6.74. The van der Waals surface area contributed by atoms with Crippen molar-refractivity contribution < 1.29 is 19.4 Å². The third-order valence-corrected chi connectivity index (χ3v) is 2.38. The Hall–Kier alpha value is -1.84. The van der Waals surface area contributed by atoms with E-state index in [9.17, 15) is 4.79 Å². The zero-order valence-electron chi connectivity index (χ0n) is 12.9. The van der Waals surface area contributed by atoms with Gasteiger partial charge in [0, 0.05) is 6.92 Å². The predicted octanol–water partition coefficient (Wildman–Crippen LogP) is 3.46. The van der Waals surface area contributed by atoms with Crippen molar-refractivity contribution in [3.63, 3.8) is 0 Å². The number of carboxylic acid groups (broad SMARTS) is 1. The van der Waals surface area contributed by atoms with Gasteiger partial charge in [0.1, 0.15) is 0 Å². The molecule has 112 valence electrons. The van der Waals surface area contributed by atoms with Crippen LogP contribution in [0.3, 0.4) is 0 Å². The second kappa shape index (κ2) is 9.13. The van der Waals surface area contributed by atoms with Gasteiger partial charge in [0.05, 0.1) is 12.2 Å². The van der Waals surface area contributed by atoms with Crippen LogP contribution in [0, 0.1) is 12.8 Å². The molecule has 0 fully saturated rings. The highest BCUT2D eigenvalue weighted by atomic mass is 16.5. The van der Waals surface area contributed by atoms with E-state index >= 15 is 0 Å². The zero-order chi connectivity index (χ0) is 15.7. The Morgan fingerprint density at radius 3 is 2.30 bits per heavy atom. The molecular formula is C16H24O4. The fourth-order valence-electron chi connectivity index (χ4n) is 1.74. The second-order valence-corrected chi connectivity index (χ2v) is 5.00. The number of hydrogen-bond acceptors (Lipinski definition) is 3. The number of carboxylic acids is 1. The van der Waals surface area contributed by atoms with E-state index in [4.69, 9.17) is 14.6 Å². The van der Waals surface area contributed by atoms with Gasteiger partial charge in [-0.2, -0.15) is 0 Å². The average Bonchev–Trinajstić information content (AvgIpc) is 2.27. The summed E-state index contributed by atoms with van der Waals surface area (Å²) in [5, 5.41) is 7.42. The number of esters is 1. The van der Waals surface area contributed by atoms with E-state index in [1.165, 1.54) is 5.56 Å². The van der Waals surface area contributed by atoms with E-state index < -0.39 is 5.97 Å². The molecule has 0 aliphatic heterocycles. The Bertz CT molecular complexity index is 446. The predicted molar refractivity (Wildman–Crippen MR) is 79.0 cm³/mol. The van der Waals surface area contributed by atoms with Crippen molar-refractivity contribution in [2.45, 2.75) is 41.0 Å². The van der Waals surface area contributed by atoms with Crippen molar-refractivity contribution in [3.05, 3.63) is 34.9 Å². The molecule has 0 amide bonds. The topological polar surface area (TPSA) is 63.6 Å². The zero-order valence-corrected chi connectivity index (χ0v) is 12.9. The summed E-state index contributed by atoms with van der Waals surface area (Å²) in [6.07, 6.45) is 0.913. The number of aliphatic carboxylic acids is 1. The molecular weight excluding hydrogens is 256 g/mol. The quantitative estimate of drug-likeness (QED) is 0.858. The van der Waals surface area contributed by atoms with Crippen LogP contribution < -0.4 is 0 Å². The van der Waals surface area contributed by atoms with Gasteiger partial charge in [0.15, 0.2) is 0 Å². The van der Waals surface area contributed by atoms with E-state index in [1.807, 2.05) is 26.0 Å². The number of hydrogen-bond donors (Lipinski definition) is 1. The van der Waals surface area contributed by atoms with E-state index in [2.05, 4.69) is 19.9 Å². The van der Waals surface area contributed by atoms with Crippen LogP contribution in [-0.2, 0) is 16.0 Å². The van der Waals surface area contributed by atoms with Crippen molar-refractivity contribution in [1.29, 1.82) is 0 Å². The lowest BCUT2D eigenvalue weighted by atomic mass is 9.96. The molecule has 1 N–H and O–H groups in total. The molecule has 0 saturated carbocycles. The summed E-state index contributed by atoms with van der Waals surface area (Å²) in [5.41, 5.74) is 2.98. The SMILES string of the molecule is CC(=O)O.CCOC(=O)c1ccc(C)cc1CC(C)C. The molecule has 0 bridgehead atoms. The molecule has 0 aliphatic carbocycles. The number of carbonyl (C=O) groups is 2. The monoisotopic (exact) mass is 280 g/mol. The van der Waals surface area contributed by atoms with Crippen LogP contribution in [0.4, 0.5) is 0 Å². The van der Waals surface area contributed by atoms with Crippen LogP contribution in [0.15, 0.2) is 18.2 Å². The van der Waals surface area contributed by atoms with Gasteiger partial charge in [-0.3, -0.25) is 4.79 Å². The molecule has 0 unspecified atom stereocenters. The van der Waals surface area contributed by atoms with Crippen molar-refractivity contribution >= 4 is 11.9 Å². The first kappa shape index (κ1) is 18.2. The minimum absolute atomic E-state index is 0.210. The summed E-state index contributed by atoms with van der Waals surface area (Å²) in [6.45, 7) is 9.68. The molecule has 0 heterocycles. The van der Waals surface area contributed by atoms with Crippen molar-refractivity contribution in [2.24, 2.45) is 5.92 Å². The summed E-state index contributed by atoms with van der Waals surface area (Å²) in [5.74, 6) is -0.506. The van der Waals surface area contributed by atoms with E-state index in [0.29, 0.717) is 18.1 Å². The molecule has 0 radical (unpaired) electrons. The standard InChI is InChI=1S/C14H20O2.C2H4O2/c1-5-16-14(15)13-7-6-11(4)9-12(13)8-10(2)3;1-2(3)4/h6-7,9-10H,5,8H2,1-4H3;1H3,(H,3,4). The van der Waals surface area contributed by atoms with Crippen LogP contribution >= 0.6 is 0 Å². The lowest BCUT2D eigenvalue weighted by Crippen LogP contribution is -2.10. The van der Waals surface area contributed by atoms with Crippen molar-refractivity contribution in [2.75, 3.05) is 6.61 Å². The van der Waals surface area contributed by atoms with E-state index in [-0.39, 0.29) is 5.97 Å². The minimum atomic E-state index is -0.833. The summed E-state index contributed by atoms with van der Waals surface area (Å²) >= 11 is 0. The highest BCUT2D eigenvalue weighted by Crippen LogP contribution is 2.17. The maximum atomic E-state index is 11.7. The van der Waals surface area contributed by atoms with Gasteiger partial charge in [-0.25, -0.2) is 4.79 Å². The van der Waals surface area contributed by atoms with Crippen LogP contribution in [0.25, 0.3) is 0 Å². The van der Waals surface area contributed by atoms with E-state index in [1.54, 1.807) is 0 Å². The molecule has 4 nitrogen and oxygen atoms in total. The van der Waals surface area contributed by atoms with E-state index in [0.717, 1.165) is 18.9 Å². The Balaban J connectivity index is 0.000000796. The summed E-state index contributed by atoms with van der Waals surface area (Å²) in [4.78, 5) is 20.7. The maximum absolute atomic E-state index is 11.7. The van der Waals surface area contributed by atoms with Crippen LogP contribution in [0.2, 0.25) is 0 Å². The Kier molecular flexibility index (Phi) is 8.29. The number of carbonyl (C=O) groups excluding carboxylic acids is 1. The molecule has 0 aromatic heterocycles. The third kappa shape index (κ3) is 7.56. The first-order valence-corrected chi connectivity index (χ1v) is 6.74. The van der Waals surface area contributed by atoms with Gasteiger partial charge in [0.2, 0.25) is 0 Å². The molecule has 0 aliphatic rings. The largest absolute Gasteiger partial charge is 0.481 e. The molecule has 1 aromatic carbocycles. The van der Waals surface area contributed by atoms with Crippen molar-refractivity contribution in [1.82, 2.24) is 0 Å². The van der Waals surface area contributed by atoms with Crippen LogP contribution in [0.1, 0.15) is 49.2 Å². The van der Waals surface area contributed by atoms with Gasteiger partial charge < -0.3 is 9.84 Å². The van der Waals surface area contributed by atoms with Gasteiger partial charge >= 0.3 is 5.97 Å².